The van der Waals surface area contributed by atoms with Crippen LogP contribution in [0.5, 0.6) is 5.75 Å². The number of aromatic nitrogens is 4. The Morgan fingerprint density at radius 1 is 1.32 bits per heavy atom. The maximum atomic E-state index is 14.4. The van der Waals surface area contributed by atoms with Crippen molar-refractivity contribution in [2.75, 3.05) is 17.7 Å². The van der Waals surface area contributed by atoms with Crippen molar-refractivity contribution in [3.8, 4) is 5.75 Å². The Morgan fingerprint density at radius 3 is 2.87 bits per heavy atom. The average molecular weight is 448 g/mol. The first-order chi connectivity index (χ1) is 14.9. The molecule has 0 aliphatic rings. The third kappa shape index (κ3) is 6.05. The number of nitrogens with one attached hydrogen (secondary N) is 3. The van der Waals surface area contributed by atoms with Gasteiger partial charge in [0.2, 0.25) is 11.9 Å². The summed E-state index contributed by atoms with van der Waals surface area (Å²) in [5, 5.41) is 13.3. The highest BCUT2D eigenvalue weighted by molar-refractivity contribution is 6.31. The lowest BCUT2D eigenvalue weighted by atomic mass is 10.2. The van der Waals surface area contributed by atoms with E-state index in [1.807, 2.05) is 13.8 Å². The van der Waals surface area contributed by atoms with Crippen molar-refractivity contribution in [2.45, 2.75) is 33.0 Å². The van der Waals surface area contributed by atoms with Crippen LogP contribution < -0.4 is 20.7 Å². The lowest BCUT2D eigenvalue weighted by molar-refractivity contribution is -0.122. The number of benzene rings is 1. The molecule has 11 heteroatoms. The number of carbonyl (C=O) groups excluding carboxylic acids is 1. The number of amides is 1. The second-order valence-electron chi connectivity index (χ2n) is 6.94. The number of halogens is 2. The van der Waals surface area contributed by atoms with Crippen LogP contribution in [0.3, 0.4) is 0 Å². The number of anilines is 3. The first-order valence-electron chi connectivity index (χ1n) is 9.52. The second kappa shape index (κ2) is 10.1. The Kier molecular flexibility index (Phi) is 7.24. The molecule has 3 rings (SSSR count). The van der Waals surface area contributed by atoms with Crippen molar-refractivity contribution < 1.29 is 13.9 Å². The largest absolute Gasteiger partial charge is 0.494 e. The maximum Gasteiger partial charge on any atom is 0.241 e. The quantitative estimate of drug-likeness (QED) is 0.461. The highest BCUT2D eigenvalue weighted by Crippen LogP contribution is 2.27. The molecule has 0 unspecified atom stereocenters. The normalized spacial score (nSPS) is 10.8. The molecule has 2 heterocycles. The number of hydrogen-bond acceptors (Lipinski definition) is 7. The van der Waals surface area contributed by atoms with Gasteiger partial charge in [-0.1, -0.05) is 11.6 Å². The van der Waals surface area contributed by atoms with Gasteiger partial charge in [0, 0.05) is 35.6 Å². The van der Waals surface area contributed by atoms with Crippen LogP contribution in [-0.4, -0.2) is 38.8 Å². The summed E-state index contributed by atoms with van der Waals surface area (Å²) >= 11 is 6.11. The average Bonchev–Trinajstić information content (AvgIpc) is 3.14. The number of nitrogens with zero attached hydrogens (tertiary/aromatic N) is 4. The minimum Gasteiger partial charge on any atom is -0.494 e. The van der Waals surface area contributed by atoms with E-state index in [-0.39, 0.29) is 41.4 Å². The van der Waals surface area contributed by atoms with Gasteiger partial charge in [-0.15, -0.1) is 0 Å². The maximum absolute atomic E-state index is 14.4. The van der Waals surface area contributed by atoms with Crippen molar-refractivity contribution >= 4 is 35.0 Å². The molecular formula is C20H23ClFN7O2. The van der Waals surface area contributed by atoms with Crippen LogP contribution in [0.25, 0.3) is 0 Å². The molecule has 0 aliphatic carbocycles. The second-order valence-corrected chi connectivity index (χ2v) is 7.34. The summed E-state index contributed by atoms with van der Waals surface area (Å²) in [5.74, 6) is 0.248. The summed E-state index contributed by atoms with van der Waals surface area (Å²) in [4.78, 5) is 20.4. The number of methoxy groups -OCH3 is 1. The predicted octanol–water partition coefficient (Wildman–Crippen LogP) is 3.35. The zero-order valence-corrected chi connectivity index (χ0v) is 18.1. The monoisotopic (exact) mass is 447 g/mol. The fourth-order valence-electron chi connectivity index (χ4n) is 2.75. The standard InChI is InChI=1S/C20H23ClFN7O2/c1-12(2)26-18(30)11-29-10-13(8-25-29)27-20-23-7-6-17(28-20)24-9-14-15(21)4-5-16(31-3)19(14)22/h4-8,10,12H,9,11H2,1-3H3,(H,26,30)(H2,23,24,27,28). The van der Waals surface area contributed by atoms with E-state index in [9.17, 15) is 9.18 Å². The molecule has 164 valence electrons. The summed E-state index contributed by atoms with van der Waals surface area (Å²) < 4.78 is 20.9. The van der Waals surface area contributed by atoms with Crippen molar-refractivity contribution in [1.82, 2.24) is 25.1 Å². The molecule has 3 N–H and O–H groups in total. The number of hydrogen-bond donors (Lipinski definition) is 3. The molecule has 9 nitrogen and oxygen atoms in total. The van der Waals surface area contributed by atoms with Crippen molar-refractivity contribution in [3.05, 3.63) is 53.2 Å². The van der Waals surface area contributed by atoms with E-state index in [2.05, 4.69) is 31.0 Å². The van der Waals surface area contributed by atoms with Gasteiger partial charge in [0.15, 0.2) is 11.6 Å². The summed E-state index contributed by atoms with van der Waals surface area (Å²) in [6, 6.07) is 4.76. The van der Waals surface area contributed by atoms with Gasteiger partial charge in [0.25, 0.3) is 0 Å². The highest BCUT2D eigenvalue weighted by Gasteiger charge is 2.13. The van der Waals surface area contributed by atoms with Crippen LogP contribution in [0.2, 0.25) is 5.02 Å². The van der Waals surface area contributed by atoms with Crippen LogP contribution in [0, 0.1) is 5.82 Å². The van der Waals surface area contributed by atoms with Gasteiger partial charge >= 0.3 is 0 Å². The third-order valence-corrected chi connectivity index (χ3v) is 4.47. The van der Waals surface area contributed by atoms with E-state index in [4.69, 9.17) is 16.3 Å². The summed E-state index contributed by atoms with van der Waals surface area (Å²) in [6.45, 7) is 4.00. The molecule has 0 spiro atoms. The van der Waals surface area contributed by atoms with Gasteiger partial charge in [0.05, 0.1) is 19.0 Å². The molecule has 0 saturated carbocycles. The zero-order valence-electron chi connectivity index (χ0n) is 17.3. The fourth-order valence-corrected chi connectivity index (χ4v) is 2.96. The van der Waals surface area contributed by atoms with E-state index < -0.39 is 5.82 Å². The Balaban J connectivity index is 1.63. The first kappa shape index (κ1) is 22.3. The molecule has 0 fully saturated rings. The van der Waals surface area contributed by atoms with Gasteiger partial charge in [-0.05, 0) is 32.0 Å². The Morgan fingerprint density at radius 2 is 2.13 bits per heavy atom. The van der Waals surface area contributed by atoms with Crippen LogP contribution in [0.4, 0.5) is 21.8 Å². The van der Waals surface area contributed by atoms with Gasteiger partial charge in [-0.25, -0.2) is 9.37 Å². The topological polar surface area (TPSA) is 106 Å². The van der Waals surface area contributed by atoms with Crippen LogP contribution in [0.1, 0.15) is 19.4 Å². The molecule has 0 bridgehead atoms. The Labute approximate surface area is 184 Å². The van der Waals surface area contributed by atoms with E-state index in [1.54, 1.807) is 30.7 Å². The smallest absolute Gasteiger partial charge is 0.241 e. The van der Waals surface area contributed by atoms with Crippen molar-refractivity contribution in [2.24, 2.45) is 0 Å². The number of rotatable bonds is 9. The zero-order chi connectivity index (χ0) is 22.4. The van der Waals surface area contributed by atoms with Gasteiger partial charge in [-0.2, -0.15) is 10.1 Å². The summed E-state index contributed by atoms with van der Waals surface area (Å²) in [5.41, 5.74) is 0.895. The number of carbonyl (C=O) groups is 1. The lowest BCUT2D eigenvalue weighted by Gasteiger charge is -2.11. The molecule has 2 aromatic heterocycles. The predicted molar refractivity (Wildman–Crippen MR) is 116 cm³/mol. The van der Waals surface area contributed by atoms with Gasteiger partial charge in [0.1, 0.15) is 12.4 Å². The SMILES string of the molecule is COc1ccc(Cl)c(CNc2ccnc(Nc3cnn(CC(=O)NC(C)C)c3)n2)c1F. The lowest BCUT2D eigenvalue weighted by Crippen LogP contribution is -2.33. The molecular weight excluding hydrogens is 425 g/mol. The molecule has 31 heavy (non-hydrogen) atoms. The molecule has 3 aromatic rings. The van der Waals surface area contributed by atoms with E-state index >= 15 is 0 Å². The van der Waals surface area contributed by atoms with E-state index in [0.717, 1.165) is 0 Å². The van der Waals surface area contributed by atoms with Gasteiger partial charge in [-0.3, -0.25) is 9.48 Å². The fraction of sp³-hybridized carbons (Fsp3) is 0.300. The highest BCUT2D eigenvalue weighted by atomic mass is 35.5. The Hall–Kier alpha value is -3.40. The minimum absolute atomic E-state index is 0.0598. The molecule has 0 radical (unpaired) electrons. The molecule has 0 atom stereocenters. The van der Waals surface area contributed by atoms with Crippen molar-refractivity contribution in [3.63, 3.8) is 0 Å². The Bertz CT molecular complexity index is 1060. The van der Waals surface area contributed by atoms with Crippen molar-refractivity contribution in [1.29, 1.82) is 0 Å². The van der Waals surface area contributed by atoms with Crippen LogP contribution in [-0.2, 0) is 17.9 Å². The summed E-state index contributed by atoms with van der Waals surface area (Å²) in [7, 11) is 1.39. The molecule has 0 aliphatic heterocycles. The van der Waals surface area contributed by atoms with E-state index in [1.165, 1.54) is 17.9 Å². The minimum atomic E-state index is -0.524. The van der Waals surface area contributed by atoms with Gasteiger partial charge < -0.3 is 20.7 Å². The summed E-state index contributed by atoms with van der Waals surface area (Å²) in [6.07, 6.45) is 4.80. The molecule has 1 aromatic carbocycles. The first-order valence-corrected chi connectivity index (χ1v) is 9.90. The third-order valence-electron chi connectivity index (χ3n) is 4.12. The van der Waals surface area contributed by atoms with E-state index in [0.29, 0.717) is 17.5 Å². The molecule has 0 saturated heterocycles. The van der Waals surface area contributed by atoms with Crippen LogP contribution >= 0.6 is 11.6 Å². The molecule has 1 amide bonds. The van der Waals surface area contributed by atoms with Crippen LogP contribution in [0.15, 0.2) is 36.8 Å². The number of ether oxygens (including phenoxy) is 1.